The van der Waals surface area contributed by atoms with Gasteiger partial charge in [0.2, 0.25) is 0 Å². The molecular formula is C16H25NO2S. The molecule has 1 aliphatic rings. The molecule has 0 aromatic heterocycles. The summed E-state index contributed by atoms with van der Waals surface area (Å²) in [6.07, 6.45) is 7.58. The molecular weight excluding hydrogens is 270 g/mol. The number of nitrogens with one attached hydrogen (secondary N) is 1. The molecule has 1 aromatic carbocycles. The molecule has 2 unspecified atom stereocenters. The minimum absolute atomic E-state index is 0.639. The Bertz CT molecular complexity index is 400. The van der Waals surface area contributed by atoms with Crippen molar-refractivity contribution in [3.63, 3.8) is 0 Å². The van der Waals surface area contributed by atoms with Crippen LogP contribution in [0, 0.1) is 0 Å². The summed E-state index contributed by atoms with van der Waals surface area (Å²) in [7, 11) is 1.67. The highest BCUT2D eigenvalue weighted by molar-refractivity contribution is 7.99. The van der Waals surface area contributed by atoms with E-state index in [9.17, 15) is 0 Å². The molecule has 0 radical (unpaired) electrons. The van der Waals surface area contributed by atoms with Crippen LogP contribution in [0.2, 0.25) is 0 Å². The average molecular weight is 295 g/mol. The maximum atomic E-state index is 5.79. The lowest BCUT2D eigenvalue weighted by Gasteiger charge is -2.31. The Kier molecular flexibility index (Phi) is 6.54. The SMILES string of the molecule is COc1ccccc1OCCNC1CCCCC1SC. The van der Waals surface area contributed by atoms with Crippen molar-refractivity contribution in [3.8, 4) is 11.5 Å². The maximum absolute atomic E-state index is 5.79. The predicted octanol–water partition coefficient (Wildman–Crippen LogP) is 3.34. The van der Waals surface area contributed by atoms with Gasteiger partial charge in [-0.05, 0) is 31.2 Å². The average Bonchev–Trinajstić information content (AvgIpc) is 2.52. The first-order valence-electron chi connectivity index (χ1n) is 7.37. The maximum Gasteiger partial charge on any atom is 0.161 e. The van der Waals surface area contributed by atoms with Crippen LogP contribution in [0.5, 0.6) is 11.5 Å². The fraction of sp³-hybridized carbons (Fsp3) is 0.625. The number of thioether (sulfide) groups is 1. The van der Waals surface area contributed by atoms with E-state index < -0.39 is 0 Å². The molecule has 1 aromatic rings. The molecule has 20 heavy (non-hydrogen) atoms. The number of ether oxygens (including phenoxy) is 2. The summed E-state index contributed by atoms with van der Waals surface area (Å²) in [5.41, 5.74) is 0. The van der Waals surface area contributed by atoms with E-state index in [2.05, 4.69) is 11.6 Å². The van der Waals surface area contributed by atoms with Crippen LogP contribution in [-0.4, -0.2) is 37.8 Å². The molecule has 0 amide bonds. The van der Waals surface area contributed by atoms with Crippen LogP contribution >= 0.6 is 11.8 Å². The first-order chi connectivity index (χ1) is 9.85. The first kappa shape index (κ1) is 15.5. The van der Waals surface area contributed by atoms with Gasteiger partial charge >= 0.3 is 0 Å². The molecule has 0 aliphatic heterocycles. The number of hydrogen-bond acceptors (Lipinski definition) is 4. The monoisotopic (exact) mass is 295 g/mol. The van der Waals surface area contributed by atoms with Gasteiger partial charge in [-0.1, -0.05) is 25.0 Å². The fourth-order valence-electron chi connectivity index (χ4n) is 2.76. The molecule has 1 aliphatic carbocycles. The number of para-hydroxylation sites is 2. The second-order valence-corrected chi connectivity index (χ2v) is 6.20. The normalized spacial score (nSPS) is 22.5. The second kappa shape index (κ2) is 8.42. The van der Waals surface area contributed by atoms with Crippen molar-refractivity contribution in [2.75, 3.05) is 26.5 Å². The van der Waals surface area contributed by atoms with E-state index in [1.807, 2.05) is 36.0 Å². The minimum Gasteiger partial charge on any atom is -0.493 e. The Morgan fingerprint density at radius 2 is 1.95 bits per heavy atom. The third-order valence-corrected chi connectivity index (χ3v) is 5.01. The van der Waals surface area contributed by atoms with Gasteiger partial charge in [0.1, 0.15) is 6.61 Å². The zero-order valence-corrected chi connectivity index (χ0v) is 13.2. The molecule has 0 heterocycles. The van der Waals surface area contributed by atoms with E-state index in [4.69, 9.17) is 9.47 Å². The van der Waals surface area contributed by atoms with Crippen molar-refractivity contribution < 1.29 is 9.47 Å². The van der Waals surface area contributed by atoms with E-state index in [0.29, 0.717) is 12.6 Å². The van der Waals surface area contributed by atoms with Crippen LogP contribution in [0.3, 0.4) is 0 Å². The summed E-state index contributed by atoms with van der Waals surface area (Å²) in [6, 6.07) is 8.43. The summed E-state index contributed by atoms with van der Waals surface area (Å²) < 4.78 is 11.1. The molecule has 1 N–H and O–H groups in total. The first-order valence-corrected chi connectivity index (χ1v) is 8.66. The highest BCUT2D eigenvalue weighted by Gasteiger charge is 2.23. The summed E-state index contributed by atoms with van der Waals surface area (Å²) in [4.78, 5) is 0. The highest BCUT2D eigenvalue weighted by atomic mass is 32.2. The van der Waals surface area contributed by atoms with Gasteiger partial charge in [-0.25, -0.2) is 0 Å². The lowest BCUT2D eigenvalue weighted by Crippen LogP contribution is -2.42. The Labute approximate surface area is 126 Å². The lowest BCUT2D eigenvalue weighted by atomic mass is 9.95. The number of methoxy groups -OCH3 is 1. The predicted molar refractivity (Wildman–Crippen MR) is 86.1 cm³/mol. The minimum atomic E-state index is 0.639. The standard InChI is InChI=1S/C16H25NO2S/c1-18-14-8-4-5-9-15(14)19-12-11-17-13-7-3-6-10-16(13)20-2/h4-5,8-9,13,16-17H,3,6-7,10-12H2,1-2H3. The van der Waals surface area contributed by atoms with E-state index in [1.54, 1.807) is 7.11 Å². The summed E-state index contributed by atoms with van der Waals surface area (Å²) in [5.74, 6) is 1.62. The van der Waals surface area contributed by atoms with Crippen molar-refractivity contribution in [2.45, 2.75) is 37.0 Å². The molecule has 0 saturated heterocycles. The van der Waals surface area contributed by atoms with Gasteiger partial charge in [-0.3, -0.25) is 0 Å². The highest BCUT2D eigenvalue weighted by Crippen LogP contribution is 2.27. The fourth-order valence-corrected chi connectivity index (χ4v) is 3.72. The third-order valence-electron chi connectivity index (χ3n) is 3.84. The van der Waals surface area contributed by atoms with Crippen molar-refractivity contribution in [2.24, 2.45) is 0 Å². The zero-order valence-electron chi connectivity index (χ0n) is 12.4. The number of benzene rings is 1. The Morgan fingerprint density at radius 3 is 2.70 bits per heavy atom. The molecule has 1 fully saturated rings. The molecule has 112 valence electrons. The van der Waals surface area contributed by atoms with Gasteiger partial charge in [0.05, 0.1) is 7.11 Å². The van der Waals surface area contributed by atoms with Gasteiger partial charge in [-0.15, -0.1) is 0 Å². The van der Waals surface area contributed by atoms with Crippen molar-refractivity contribution in [3.05, 3.63) is 24.3 Å². The molecule has 0 spiro atoms. The molecule has 1 saturated carbocycles. The Morgan fingerprint density at radius 1 is 1.20 bits per heavy atom. The Hall–Kier alpha value is -0.870. The van der Waals surface area contributed by atoms with Crippen molar-refractivity contribution in [1.29, 1.82) is 0 Å². The molecule has 2 rings (SSSR count). The summed E-state index contributed by atoms with van der Waals surface area (Å²) in [6.45, 7) is 1.57. The van der Waals surface area contributed by atoms with Gasteiger partial charge < -0.3 is 14.8 Å². The van der Waals surface area contributed by atoms with E-state index in [-0.39, 0.29) is 0 Å². The van der Waals surface area contributed by atoms with Crippen molar-refractivity contribution >= 4 is 11.8 Å². The zero-order chi connectivity index (χ0) is 14.2. The van der Waals surface area contributed by atoms with Crippen LogP contribution in [0.4, 0.5) is 0 Å². The van der Waals surface area contributed by atoms with Crippen LogP contribution in [0.25, 0.3) is 0 Å². The lowest BCUT2D eigenvalue weighted by molar-refractivity contribution is 0.277. The quantitative estimate of drug-likeness (QED) is 0.782. The van der Waals surface area contributed by atoms with Crippen LogP contribution in [0.1, 0.15) is 25.7 Å². The number of rotatable bonds is 7. The van der Waals surface area contributed by atoms with Crippen LogP contribution in [0.15, 0.2) is 24.3 Å². The van der Waals surface area contributed by atoms with E-state index >= 15 is 0 Å². The summed E-state index contributed by atoms with van der Waals surface area (Å²) >= 11 is 1.99. The van der Waals surface area contributed by atoms with Gasteiger partial charge in [0.25, 0.3) is 0 Å². The van der Waals surface area contributed by atoms with Crippen LogP contribution < -0.4 is 14.8 Å². The molecule has 2 atom stereocenters. The number of hydrogen-bond donors (Lipinski definition) is 1. The topological polar surface area (TPSA) is 30.5 Å². The molecule has 3 nitrogen and oxygen atoms in total. The van der Waals surface area contributed by atoms with E-state index in [0.717, 1.165) is 23.3 Å². The van der Waals surface area contributed by atoms with Gasteiger partial charge in [0.15, 0.2) is 11.5 Å². The van der Waals surface area contributed by atoms with Crippen molar-refractivity contribution in [1.82, 2.24) is 5.32 Å². The largest absolute Gasteiger partial charge is 0.493 e. The second-order valence-electron chi connectivity index (χ2n) is 5.12. The molecule has 4 heteroatoms. The summed E-state index contributed by atoms with van der Waals surface area (Å²) in [5, 5.41) is 4.40. The smallest absolute Gasteiger partial charge is 0.161 e. The van der Waals surface area contributed by atoms with Gasteiger partial charge in [0, 0.05) is 17.8 Å². The van der Waals surface area contributed by atoms with Gasteiger partial charge in [-0.2, -0.15) is 11.8 Å². The Balaban J connectivity index is 1.73. The van der Waals surface area contributed by atoms with Crippen LogP contribution in [-0.2, 0) is 0 Å². The van der Waals surface area contributed by atoms with E-state index in [1.165, 1.54) is 25.7 Å². The third kappa shape index (κ3) is 4.32. The molecule has 0 bridgehead atoms.